The van der Waals surface area contributed by atoms with Crippen LogP contribution in [0.15, 0.2) is 53.1 Å². The number of aliphatic hydroxyl groups excluding tert-OH is 1. The molecule has 1 aliphatic heterocycles. The minimum Gasteiger partial charge on any atom is -0.467 e. The molecule has 0 spiro atoms. The molecule has 25 heavy (non-hydrogen) atoms. The Balaban J connectivity index is 1.67. The molecule has 0 radical (unpaired) electrons. The fourth-order valence-electron chi connectivity index (χ4n) is 2.93. The van der Waals surface area contributed by atoms with Gasteiger partial charge < -0.3 is 24.5 Å². The summed E-state index contributed by atoms with van der Waals surface area (Å²) < 4.78 is 10.7. The Labute approximate surface area is 147 Å². The summed E-state index contributed by atoms with van der Waals surface area (Å²) in [4.78, 5) is 14.5. The molecule has 0 saturated carbocycles. The summed E-state index contributed by atoms with van der Waals surface area (Å²) in [6.07, 6.45) is 1.02. The molecule has 1 aromatic heterocycles. The maximum absolute atomic E-state index is 12.8. The lowest BCUT2D eigenvalue weighted by Crippen LogP contribution is -2.45. The van der Waals surface area contributed by atoms with Crippen molar-refractivity contribution in [3.8, 4) is 0 Å². The lowest BCUT2D eigenvalue weighted by molar-refractivity contribution is -0.134. The monoisotopic (exact) mass is 344 g/mol. The number of nitrogens with one attached hydrogen (secondary N) is 1. The van der Waals surface area contributed by atoms with Gasteiger partial charge in [0.05, 0.1) is 26.0 Å². The zero-order valence-corrected chi connectivity index (χ0v) is 14.1. The van der Waals surface area contributed by atoms with Crippen LogP contribution in [-0.2, 0) is 16.1 Å². The van der Waals surface area contributed by atoms with Gasteiger partial charge in [-0.1, -0.05) is 30.3 Å². The van der Waals surface area contributed by atoms with Gasteiger partial charge in [-0.05, 0) is 17.7 Å². The summed E-state index contributed by atoms with van der Waals surface area (Å²) in [6.45, 7) is 2.60. The number of morpholine rings is 1. The van der Waals surface area contributed by atoms with Crippen LogP contribution in [0.2, 0.25) is 0 Å². The minimum absolute atomic E-state index is 0.0141. The third-order valence-electron chi connectivity index (χ3n) is 4.25. The van der Waals surface area contributed by atoms with Gasteiger partial charge in [-0.15, -0.1) is 0 Å². The van der Waals surface area contributed by atoms with Gasteiger partial charge in [-0.3, -0.25) is 4.79 Å². The van der Waals surface area contributed by atoms with E-state index < -0.39 is 6.10 Å². The topological polar surface area (TPSA) is 74.9 Å². The molecule has 2 heterocycles. The summed E-state index contributed by atoms with van der Waals surface area (Å²) >= 11 is 0. The van der Waals surface area contributed by atoms with E-state index in [-0.39, 0.29) is 18.5 Å². The predicted molar refractivity (Wildman–Crippen MR) is 92.8 cm³/mol. The molecule has 1 saturated heterocycles. The van der Waals surface area contributed by atoms with Gasteiger partial charge in [0.15, 0.2) is 0 Å². The molecule has 0 aliphatic carbocycles. The van der Waals surface area contributed by atoms with E-state index in [1.54, 1.807) is 17.0 Å². The number of aliphatic hydroxyl groups is 1. The van der Waals surface area contributed by atoms with E-state index in [0.717, 1.165) is 12.1 Å². The molecule has 3 rings (SSSR count). The molecule has 2 aromatic rings. The number of nitrogens with zero attached hydrogens (tertiary/aromatic N) is 1. The number of furan rings is 1. The summed E-state index contributed by atoms with van der Waals surface area (Å²) in [6, 6.07) is 13.2. The smallest absolute Gasteiger partial charge is 0.224 e. The lowest BCUT2D eigenvalue weighted by Gasteiger charge is -2.29. The molecule has 2 unspecified atom stereocenters. The van der Waals surface area contributed by atoms with Gasteiger partial charge in [0.1, 0.15) is 11.9 Å². The number of amides is 1. The summed E-state index contributed by atoms with van der Waals surface area (Å²) in [5.74, 6) is 0.447. The van der Waals surface area contributed by atoms with E-state index in [1.165, 1.54) is 6.26 Å². The highest BCUT2D eigenvalue weighted by Crippen LogP contribution is 2.17. The average Bonchev–Trinajstić information content (AvgIpc) is 3.18. The number of hydrogen-bond acceptors (Lipinski definition) is 5. The average molecular weight is 344 g/mol. The molecule has 1 aromatic carbocycles. The van der Waals surface area contributed by atoms with Crippen LogP contribution in [0.1, 0.15) is 23.8 Å². The normalized spacial score (nSPS) is 18.7. The molecule has 2 atom stereocenters. The van der Waals surface area contributed by atoms with Crippen molar-refractivity contribution in [1.82, 2.24) is 10.2 Å². The Hall–Kier alpha value is -2.15. The Morgan fingerprint density at radius 2 is 2.12 bits per heavy atom. The SMILES string of the molecule is O=C(CC1COCCN1)N(Cc1ccccc1)CC(O)c1ccco1. The molecule has 6 nitrogen and oxygen atoms in total. The summed E-state index contributed by atoms with van der Waals surface area (Å²) in [5, 5.41) is 13.7. The molecular formula is C19H24N2O4. The van der Waals surface area contributed by atoms with Crippen molar-refractivity contribution in [3.63, 3.8) is 0 Å². The van der Waals surface area contributed by atoms with Crippen molar-refractivity contribution in [2.24, 2.45) is 0 Å². The third kappa shape index (κ3) is 5.16. The molecule has 1 amide bonds. The van der Waals surface area contributed by atoms with Crippen molar-refractivity contribution in [2.45, 2.75) is 25.1 Å². The molecule has 6 heteroatoms. The van der Waals surface area contributed by atoms with E-state index in [2.05, 4.69) is 5.32 Å². The van der Waals surface area contributed by atoms with Gasteiger partial charge in [-0.2, -0.15) is 0 Å². The molecule has 1 fully saturated rings. The van der Waals surface area contributed by atoms with Crippen LogP contribution in [0.5, 0.6) is 0 Å². The second-order valence-electron chi connectivity index (χ2n) is 6.22. The van der Waals surface area contributed by atoms with Crippen LogP contribution in [0.3, 0.4) is 0 Å². The largest absolute Gasteiger partial charge is 0.467 e. The third-order valence-corrected chi connectivity index (χ3v) is 4.25. The van der Waals surface area contributed by atoms with Gasteiger partial charge in [0.2, 0.25) is 5.91 Å². The molecule has 2 N–H and O–H groups in total. The van der Waals surface area contributed by atoms with E-state index in [9.17, 15) is 9.90 Å². The van der Waals surface area contributed by atoms with Crippen molar-refractivity contribution in [2.75, 3.05) is 26.3 Å². The van der Waals surface area contributed by atoms with E-state index in [0.29, 0.717) is 31.9 Å². The maximum atomic E-state index is 12.8. The molecule has 0 bridgehead atoms. The second-order valence-corrected chi connectivity index (χ2v) is 6.22. The van der Waals surface area contributed by atoms with Gasteiger partial charge in [0.25, 0.3) is 0 Å². The summed E-state index contributed by atoms with van der Waals surface area (Å²) in [7, 11) is 0. The summed E-state index contributed by atoms with van der Waals surface area (Å²) in [5.41, 5.74) is 1.02. The van der Waals surface area contributed by atoms with Crippen LogP contribution in [0, 0.1) is 0 Å². The first kappa shape index (κ1) is 17.7. The first-order valence-corrected chi connectivity index (χ1v) is 8.56. The fourth-order valence-corrected chi connectivity index (χ4v) is 2.93. The Kier molecular flexibility index (Phi) is 6.22. The second kappa shape index (κ2) is 8.80. The number of carbonyl (C=O) groups excluding carboxylic acids is 1. The Morgan fingerprint density at radius 3 is 2.80 bits per heavy atom. The predicted octanol–water partition coefficient (Wildman–Crippen LogP) is 1.72. The zero-order valence-electron chi connectivity index (χ0n) is 14.1. The van der Waals surface area contributed by atoms with E-state index in [4.69, 9.17) is 9.15 Å². The highest BCUT2D eigenvalue weighted by molar-refractivity contribution is 5.77. The van der Waals surface area contributed by atoms with Crippen LogP contribution < -0.4 is 5.32 Å². The Morgan fingerprint density at radius 1 is 1.28 bits per heavy atom. The fraction of sp³-hybridized carbons (Fsp3) is 0.421. The van der Waals surface area contributed by atoms with E-state index in [1.807, 2.05) is 30.3 Å². The zero-order chi connectivity index (χ0) is 17.5. The van der Waals surface area contributed by atoms with Crippen LogP contribution >= 0.6 is 0 Å². The highest BCUT2D eigenvalue weighted by atomic mass is 16.5. The van der Waals surface area contributed by atoms with Crippen LogP contribution in [-0.4, -0.2) is 48.3 Å². The lowest BCUT2D eigenvalue weighted by atomic mass is 10.1. The van der Waals surface area contributed by atoms with Crippen molar-refractivity contribution < 1.29 is 19.1 Å². The number of carbonyl (C=O) groups is 1. The van der Waals surface area contributed by atoms with Crippen molar-refractivity contribution >= 4 is 5.91 Å². The van der Waals surface area contributed by atoms with Gasteiger partial charge in [-0.25, -0.2) is 0 Å². The van der Waals surface area contributed by atoms with Crippen molar-refractivity contribution in [3.05, 3.63) is 60.1 Å². The number of hydrogen-bond donors (Lipinski definition) is 2. The standard InChI is InChI=1S/C19H24N2O4/c22-17(18-7-4-9-25-18)13-21(12-15-5-2-1-3-6-15)19(23)11-16-14-24-10-8-20-16/h1-7,9,16-17,20,22H,8,10-14H2. The quantitative estimate of drug-likeness (QED) is 0.800. The molecular weight excluding hydrogens is 320 g/mol. The maximum Gasteiger partial charge on any atom is 0.224 e. The minimum atomic E-state index is -0.849. The van der Waals surface area contributed by atoms with Crippen LogP contribution in [0.25, 0.3) is 0 Å². The van der Waals surface area contributed by atoms with Crippen LogP contribution in [0.4, 0.5) is 0 Å². The first-order chi connectivity index (χ1) is 12.2. The number of ether oxygens (including phenoxy) is 1. The molecule has 1 aliphatic rings. The first-order valence-electron chi connectivity index (χ1n) is 8.56. The number of rotatable bonds is 7. The molecule has 134 valence electrons. The number of benzene rings is 1. The highest BCUT2D eigenvalue weighted by Gasteiger charge is 2.24. The van der Waals surface area contributed by atoms with E-state index >= 15 is 0 Å². The van der Waals surface area contributed by atoms with Gasteiger partial charge in [0, 0.05) is 25.6 Å². The van der Waals surface area contributed by atoms with Gasteiger partial charge >= 0.3 is 0 Å². The van der Waals surface area contributed by atoms with Crippen molar-refractivity contribution in [1.29, 1.82) is 0 Å². The Bertz CT molecular complexity index is 639.